The van der Waals surface area contributed by atoms with Gasteiger partial charge in [-0.05, 0) is 47.7 Å². The molecule has 1 aliphatic rings. The van der Waals surface area contributed by atoms with Crippen LogP contribution in [0, 0.1) is 0 Å². The average molecular weight is 271 g/mol. The van der Waals surface area contributed by atoms with Crippen molar-refractivity contribution in [3.8, 4) is 5.88 Å². The summed E-state index contributed by atoms with van der Waals surface area (Å²) in [5.41, 5.74) is 6.44. The van der Waals surface area contributed by atoms with E-state index in [1.807, 2.05) is 0 Å². The van der Waals surface area contributed by atoms with Gasteiger partial charge in [-0.3, -0.25) is 0 Å². The molecule has 0 aromatic carbocycles. The molecule has 2 rings (SSSR count). The van der Waals surface area contributed by atoms with Gasteiger partial charge < -0.3 is 10.5 Å². The third-order valence-corrected chi connectivity index (χ3v) is 3.51. The Morgan fingerprint density at radius 2 is 2.07 bits per heavy atom. The Hall–Kier alpha value is -0.770. The fourth-order valence-corrected chi connectivity index (χ4v) is 2.19. The first-order valence-corrected chi connectivity index (χ1v) is 6.13. The molecule has 0 radical (unpaired) electrons. The molecule has 0 aliphatic heterocycles. The number of anilines is 1. The summed E-state index contributed by atoms with van der Waals surface area (Å²) in [5.74, 6) is 0.627. The molecule has 1 aliphatic carbocycles. The van der Waals surface area contributed by atoms with Crippen LogP contribution in [-0.2, 0) is 0 Å². The lowest BCUT2D eigenvalue weighted by atomic mass is 9.98. The normalized spacial score (nSPS) is 17.7. The number of hydrogen-bond acceptors (Lipinski definition) is 3. The number of ether oxygens (including phenoxy) is 1. The van der Waals surface area contributed by atoms with Crippen molar-refractivity contribution in [3.05, 3.63) is 16.7 Å². The van der Waals surface area contributed by atoms with Gasteiger partial charge in [0, 0.05) is 6.20 Å². The molecule has 1 fully saturated rings. The summed E-state index contributed by atoms with van der Waals surface area (Å²) in [5, 5.41) is 0. The van der Waals surface area contributed by atoms with Crippen molar-refractivity contribution in [2.75, 3.05) is 5.73 Å². The number of aromatic nitrogens is 1. The predicted octanol–water partition coefficient (Wildman–Crippen LogP) is 3.14. The number of nitrogens with two attached hydrogens (primary N) is 1. The average Bonchev–Trinajstić information content (AvgIpc) is 2.26. The van der Waals surface area contributed by atoms with Crippen molar-refractivity contribution >= 4 is 21.6 Å². The number of rotatable bonds is 2. The Kier molecular flexibility index (Phi) is 3.46. The molecule has 0 saturated heterocycles. The van der Waals surface area contributed by atoms with E-state index in [0.717, 1.165) is 17.3 Å². The Balaban J connectivity index is 2.06. The Morgan fingerprint density at radius 1 is 1.33 bits per heavy atom. The van der Waals surface area contributed by atoms with Gasteiger partial charge in [-0.25, -0.2) is 4.98 Å². The molecule has 1 aromatic rings. The highest BCUT2D eigenvalue weighted by atomic mass is 79.9. The maximum absolute atomic E-state index is 5.83. The molecule has 1 heterocycles. The molecule has 1 saturated carbocycles. The second-order valence-corrected chi connectivity index (χ2v) is 4.69. The van der Waals surface area contributed by atoms with Crippen LogP contribution in [0.1, 0.15) is 32.1 Å². The van der Waals surface area contributed by atoms with Crippen LogP contribution in [0.4, 0.5) is 5.69 Å². The van der Waals surface area contributed by atoms with E-state index in [2.05, 4.69) is 20.9 Å². The summed E-state index contributed by atoms with van der Waals surface area (Å²) >= 11 is 3.39. The number of hydrogen-bond donors (Lipinski definition) is 1. The molecule has 4 heteroatoms. The number of nitrogen functional groups attached to an aromatic ring is 1. The van der Waals surface area contributed by atoms with Crippen LogP contribution < -0.4 is 10.5 Å². The molecular formula is C11H15BrN2O. The van der Waals surface area contributed by atoms with Gasteiger partial charge >= 0.3 is 0 Å². The van der Waals surface area contributed by atoms with Crippen molar-refractivity contribution in [2.24, 2.45) is 0 Å². The van der Waals surface area contributed by atoms with E-state index in [1.165, 1.54) is 19.3 Å². The third kappa shape index (κ3) is 2.62. The summed E-state index contributed by atoms with van der Waals surface area (Å²) in [4.78, 5) is 4.18. The molecule has 0 spiro atoms. The van der Waals surface area contributed by atoms with Crippen molar-refractivity contribution in [3.63, 3.8) is 0 Å². The number of halogens is 1. The van der Waals surface area contributed by atoms with Crippen molar-refractivity contribution < 1.29 is 4.74 Å². The second-order valence-electron chi connectivity index (χ2n) is 3.90. The van der Waals surface area contributed by atoms with Gasteiger partial charge in [0.15, 0.2) is 0 Å². The van der Waals surface area contributed by atoms with Crippen LogP contribution in [-0.4, -0.2) is 11.1 Å². The lowest BCUT2D eigenvalue weighted by molar-refractivity contribution is 0.147. The van der Waals surface area contributed by atoms with E-state index >= 15 is 0 Å². The van der Waals surface area contributed by atoms with Gasteiger partial charge in [-0.1, -0.05) is 6.42 Å². The fraction of sp³-hybridized carbons (Fsp3) is 0.545. The van der Waals surface area contributed by atoms with Crippen LogP contribution in [0.15, 0.2) is 16.7 Å². The van der Waals surface area contributed by atoms with Gasteiger partial charge in [0.05, 0.1) is 5.69 Å². The Bertz CT molecular complexity index is 337. The largest absolute Gasteiger partial charge is 0.474 e. The van der Waals surface area contributed by atoms with Crippen molar-refractivity contribution in [1.29, 1.82) is 0 Å². The molecule has 1 aromatic heterocycles. The summed E-state index contributed by atoms with van der Waals surface area (Å²) in [7, 11) is 0. The van der Waals surface area contributed by atoms with Crippen LogP contribution in [0.5, 0.6) is 5.88 Å². The van der Waals surface area contributed by atoms with Gasteiger partial charge in [-0.2, -0.15) is 0 Å². The molecule has 15 heavy (non-hydrogen) atoms. The smallest absolute Gasteiger partial charge is 0.230 e. The van der Waals surface area contributed by atoms with E-state index in [9.17, 15) is 0 Å². The first kappa shape index (κ1) is 10.7. The topological polar surface area (TPSA) is 48.1 Å². The first-order chi connectivity index (χ1) is 7.27. The monoisotopic (exact) mass is 270 g/mol. The first-order valence-electron chi connectivity index (χ1n) is 5.34. The highest BCUT2D eigenvalue weighted by molar-refractivity contribution is 9.10. The quantitative estimate of drug-likeness (QED) is 0.898. The van der Waals surface area contributed by atoms with Gasteiger partial charge in [-0.15, -0.1) is 0 Å². The molecule has 0 unspecified atom stereocenters. The van der Waals surface area contributed by atoms with E-state index in [4.69, 9.17) is 10.5 Å². The predicted molar refractivity (Wildman–Crippen MR) is 63.9 cm³/mol. The maximum Gasteiger partial charge on any atom is 0.230 e. The Labute approximate surface area is 98.2 Å². The summed E-state index contributed by atoms with van der Waals surface area (Å²) < 4.78 is 6.60. The zero-order valence-electron chi connectivity index (χ0n) is 8.58. The van der Waals surface area contributed by atoms with Crippen LogP contribution in [0.25, 0.3) is 0 Å². The lowest BCUT2D eigenvalue weighted by Gasteiger charge is -2.22. The Morgan fingerprint density at radius 3 is 2.80 bits per heavy atom. The van der Waals surface area contributed by atoms with Gasteiger partial charge in [0.2, 0.25) is 5.88 Å². The number of pyridine rings is 1. The molecule has 0 bridgehead atoms. The molecule has 0 atom stereocenters. The minimum atomic E-state index is 0.310. The minimum Gasteiger partial charge on any atom is -0.474 e. The van der Waals surface area contributed by atoms with Gasteiger partial charge in [0.25, 0.3) is 0 Å². The van der Waals surface area contributed by atoms with E-state index in [-0.39, 0.29) is 0 Å². The lowest BCUT2D eigenvalue weighted by Crippen LogP contribution is -2.20. The fourth-order valence-electron chi connectivity index (χ4n) is 1.86. The highest BCUT2D eigenvalue weighted by Gasteiger charge is 2.17. The van der Waals surface area contributed by atoms with E-state index < -0.39 is 0 Å². The molecule has 0 amide bonds. The second kappa shape index (κ2) is 4.84. The maximum atomic E-state index is 5.83. The van der Waals surface area contributed by atoms with Crippen LogP contribution in [0.3, 0.4) is 0 Å². The van der Waals surface area contributed by atoms with Crippen molar-refractivity contribution in [2.45, 2.75) is 38.2 Å². The van der Waals surface area contributed by atoms with Crippen molar-refractivity contribution in [1.82, 2.24) is 4.98 Å². The van der Waals surface area contributed by atoms with Crippen LogP contribution >= 0.6 is 15.9 Å². The summed E-state index contributed by atoms with van der Waals surface area (Å²) in [6.45, 7) is 0. The van der Waals surface area contributed by atoms with Crippen LogP contribution in [0.2, 0.25) is 0 Å². The molecular weight excluding hydrogens is 256 g/mol. The summed E-state index contributed by atoms with van der Waals surface area (Å²) in [6, 6.07) is 1.76. The minimum absolute atomic E-state index is 0.310. The van der Waals surface area contributed by atoms with E-state index in [1.54, 1.807) is 12.3 Å². The standard InChI is InChI=1S/C11H15BrN2O/c12-10-9(13)6-7-14-11(10)15-8-4-2-1-3-5-8/h6-8H,1-5H2,(H2,13,14). The zero-order chi connectivity index (χ0) is 10.7. The molecule has 82 valence electrons. The zero-order valence-corrected chi connectivity index (χ0v) is 10.2. The number of nitrogens with zero attached hydrogens (tertiary/aromatic N) is 1. The third-order valence-electron chi connectivity index (χ3n) is 2.72. The summed E-state index contributed by atoms with van der Waals surface area (Å²) in [6.07, 6.45) is 8.08. The SMILES string of the molecule is Nc1ccnc(OC2CCCCC2)c1Br. The molecule has 2 N–H and O–H groups in total. The van der Waals surface area contributed by atoms with Gasteiger partial charge in [0.1, 0.15) is 10.6 Å². The highest BCUT2D eigenvalue weighted by Crippen LogP contribution is 2.31. The molecule has 3 nitrogen and oxygen atoms in total. The van der Waals surface area contributed by atoms with E-state index in [0.29, 0.717) is 17.7 Å².